The number of nitriles is 1. The van der Waals surface area contributed by atoms with E-state index in [2.05, 4.69) is 0 Å². The molecule has 0 spiro atoms. The highest BCUT2D eigenvalue weighted by atomic mass is 32.1. The maximum Gasteiger partial charge on any atom is 0.206 e. The molecule has 152 valence electrons. The van der Waals surface area contributed by atoms with Crippen LogP contribution in [0.2, 0.25) is 0 Å². The SMILES string of the molecule is COc1ccc(C(=O)COc2c(C(=O)c3ccc(C#N)cc3)sc3ccccc23)cc1. The fourth-order valence-electron chi connectivity index (χ4n) is 3.14. The van der Waals surface area contributed by atoms with Crippen LogP contribution >= 0.6 is 11.3 Å². The van der Waals surface area contributed by atoms with Crippen molar-refractivity contribution in [3.63, 3.8) is 0 Å². The van der Waals surface area contributed by atoms with Gasteiger partial charge in [0, 0.05) is 21.2 Å². The lowest BCUT2D eigenvalue weighted by molar-refractivity contribution is 0.0917. The maximum atomic E-state index is 13.2. The van der Waals surface area contributed by atoms with Gasteiger partial charge in [-0.05, 0) is 60.7 Å². The minimum atomic E-state index is -0.211. The second-order valence-electron chi connectivity index (χ2n) is 6.72. The molecule has 0 amide bonds. The molecule has 0 bridgehead atoms. The molecule has 0 atom stereocenters. The van der Waals surface area contributed by atoms with Gasteiger partial charge in [0.1, 0.15) is 16.4 Å². The summed E-state index contributed by atoms with van der Waals surface area (Å²) in [5.41, 5.74) is 1.44. The average Bonchev–Trinajstić information content (AvgIpc) is 3.20. The quantitative estimate of drug-likeness (QED) is 0.375. The first-order chi connectivity index (χ1) is 15.1. The first-order valence-electron chi connectivity index (χ1n) is 9.47. The molecule has 4 rings (SSSR count). The van der Waals surface area contributed by atoms with Crippen molar-refractivity contribution in [3.8, 4) is 17.6 Å². The monoisotopic (exact) mass is 427 g/mol. The van der Waals surface area contributed by atoms with Crippen LogP contribution in [-0.2, 0) is 0 Å². The fraction of sp³-hybridized carbons (Fsp3) is 0.0800. The second kappa shape index (κ2) is 8.82. The van der Waals surface area contributed by atoms with E-state index in [1.165, 1.54) is 11.3 Å². The molecule has 5 nitrogen and oxygen atoms in total. The summed E-state index contributed by atoms with van der Waals surface area (Å²) in [7, 11) is 1.56. The summed E-state index contributed by atoms with van der Waals surface area (Å²) < 4.78 is 11.9. The number of thiophene rings is 1. The van der Waals surface area contributed by atoms with Crippen LogP contribution in [0, 0.1) is 11.3 Å². The summed E-state index contributed by atoms with van der Waals surface area (Å²) in [5.74, 6) is 0.653. The first kappa shape index (κ1) is 20.3. The molecule has 0 N–H and O–H groups in total. The minimum absolute atomic E-state index is 0.194. The Morgan fingerprint density at radius 3 is 2.29 bits per heavy atom. The van der Waals surface area contributed by atoms with Crippen LogP contribution in [0.1, 0.15) is 31.2 Å². The Balaban J connectivity index is 1.63. The first-order valence-corrected chi connectivity index (χ1v) is 10.3. The topological polar surface area (TPSA) is 76.4 Å². The summed E-state index contributed by atoms with van der Waals surface area (Å²) in [6.07, 6.45) is 0. The molecule has 6 heteroatoms. The van der Waals surface area contributed by atoms with E-state index >= 15 is 0 Å². The van der Waals surface area contributed by atoms with Crippen LogP contribution in [0.5, 0.6) is 11.5 Å². The van der Waals surface area contributed by atoms with Gasteiger partial charge in [-0.1, -0.05) is 12.1 Å². The summed E-state index contributed by atoms with van der Waals surface area (Å²) in [6.45, 7) is -0.194. The maximum absolute atomic E-state index is 13.2. The van der Waals surface area contributed by atoms with Gasteiger partial charge in [-0.25, -0.2) is 0 Å². The number of nitrogens with zero attached hydrogens (tertiary/aromatic N) is 1. The summed E-state index contributed by atoms with van der Waals surface area (Å²) >= 11 is 1.32. The van der Waals surface area contributed by atoms with Gasteiger partial charge >= 0.3 is 0 Å². The molecule has 0 radical (unpaired) electrons. The van der Waals surface area contributed by atoms with Crippen molar-refractivity contribution in [1.29, 1.82) is 5.26 Å². The third-order valence-electron chi connectivity index (χ3n) is 4.79. The Bertz CT molecular complexity index is 1300. The van der Waals surface area contributed by atoms with Crippen LogP contribution in [0.25, 0.3) is 10.1 Å². The molecule has 4 aromatic rings. The predicted octanol–water partition coefficient (Wildman–Crippen LogP) is 5.27. The number of hydrogen-bond donors (Lipinski definition) is 0. The van der Waals surface area contributed by atoms with Crippen molar-refractivity contribution in [3.05, 3.63) is 94.4 Å². The summed E-state index contributed by atoms with van der Waals surface area (Å²) in [5, 5.41) is 9.76. The lowest BCUT2D eigenvalue weighted by Gasteiger charge is -2.08. The Morgan fingerprint density at radius 2 is 1.61 bits per heavy atom. The zero-order chi connectivity index (χ0) is 21.8. The van der Waals surface area contributed by atoms with E-state index in [1.807, 2.05) is 30.3 Å². The van der Waals surface area contributed by atoms with E-state index in [9.17, 15) is 9.59 Å². The van der Waals surface area contributed by atoms with Crippen molar-refractivity contribution in [2.24, 2.45) is 0 Å². The predicted molar refractivity (Wildman–Crippen MR) is 119 cm³/mol. The van der Waals surface area contributed by atoms with Crippen LogP contribution in [0.4, 0.5) is 0 Å². The number of Topliss-reactive ketones (excluding diaryl/α,β-unsaturated/α-hetero) is 1. The number of benzene rings is 3. The van der Waals surface area contributed by atoms with Crippen molar-refractivity contribution in [2.75, 3.05) is 13.7 Å². The molecule has 3 aromatic carbocycles. The van der Waals surface area contributed by atoms with E-state index in [4.69, 9.17) is 14.7 Å². The zero-order valence-corrected chi connectivity index (χ0v) is 17.4. The number of ketones is 2. The van der Waals surface area contributed by atoms with Crippen LogP contribution in [0.15, 0.2) is 72.8 Å². The Labute approximate surface area is 183 Å². The van der Waals surface area contributed by atoms with E-state index in [1.54, 1.807) is 55.6 Å². The molecule has 0 saturated carbocycles. The molecule has 0 aliphatic heterocycles. The molecular weight excluding hydrogens is 410 g/mol. The Morgan fingerprint density at radius 1 is 0.935 bits per heavy atom. The van der Waals surface area contributed by atoms with Crippen molar-refractivity contribution in [2.45, 2.75) is 0 Å². The summed E-state index contributed by atoms with van der Waals surface area (Å²) in [6, 6.07) is 22.8. The van der Waals surface area contributed by atoms with Gasteiger partial charge in [0.25, 0.3) is 0 Å². The number of fused-ring (bicyclic) bond motifs is 1. The van der Waals surface area contributed by atoms with Gasteiger partial charge in [-0.2, -0.15) is 5.26 Å². The van der Waals surface area contributed by atoms with Crippen LogP contribution < -0.4 is 9.47 Å². The van der Waals surface area contributed by atoms with Gasteiger partial charge < -0.3 is 9.47 Å². The highest BCUT2D eigenvalue weighted by Crippen LogP contribution is 2.39. The molecule has 0 aliphatic carbocycles. The van der Waals surface area contributed by atoms with Crippen molar-refractivity contribution < 1.29 is 19.1 Å². The van der Waals surface area contributed by atoms with E-state index < -0.39 is 0 Å². The van der Waals surface area contributed by atoms with E-state index in [0.717, 1.165) is 10.1 Å². The van der Waals surface area contributed by atoms with Gasteiger partial charge in [0.15, 0.2) is 12.4 Å². The third-order valence-corrected chi connectivity index (χ3v) is 5.94. The van der Waals surface area contributed by atoms with Gasteiger partial charge in [-0.3, -0.25) is 9.59 Å². The normalized spacial score (nSPS) is 10.5. The summed E-state index contributed by atoms with van der Waals surface area (Å²) in [4.78, 5) is 26.2. The van der Waals surface area contributed by atoms with Gasteiger partial charge in [-0.15, -0.1) is 11.3 Å². The standard InChI is InChI=1S/C25H17NO4S/c1-29-19-12-10-17(11-13-19)21(27)15-30-24-20-4-2-3-5-22(20)31-25(24)23(28)18-8-6-16(14-26)7-9-18/h2-13H,15H2,1H3. The zero-order valence-electron chi connectivity index (χ0n) is 16.6. The highest BCUT2D eigenvalue weighted by molar-refractivity contribution is 7.21. The van der Waals surface area contributed by atoms with E-state index in [0.29, 0.717) is 33.1 Å². The molecule has 1 heterocycles. The van der Waals surface area contributed by atoms with Crippen LogP contribution in [-0.4, -0.2) is 25.3 Å². The van der Waals surface area contributed by atoms with Crippen molar-refractivity contribution in [1.82, 2.24) is 0 Å². The number of rotatable bonds is 7. The molecule has 0 aliphatic rings. The fourth-order valence-corrected chi connectivity index (χ4v) is 4.25. The van der Waals surface area contributed by atoms with Crippen molar-refractivity contribution >= 4 is 33.0 Å². The molecule has 0 fully saturated rings. The number of carbonyl (C=O) groups is 2. The lowest BCUT2D eigenvalue weighted by atomic mass is 10.1. The second-order valence-corrected chi connectivity index (χ2v) is 7.77. The van der Waals surface area contributed by atoms with Gasteiger partial charge in [0.05, 0.1) is 18.7 Å². The lowest BCUT2D eigenvalue weighted by Crippen LogP contribution is -2.13. The van der Waals surface area contributed by atoms with Gasteiger partial charge in [0.2, 0.25) is 5.78 Å². The molecule has 31 heavy (non-hydrogen) atoms. The minimum Gasteiger partial charge on any atom is -0.497 e. The number of hydrogen-bond acceptors (Lipinski definition) is 6. The largest absolute Gasteiger partial charge is 0.497 e. The van der Waals surface area contributed by atoms with Crippen LogP contribution in [0.3, 0.4) is 0 Å². The highest BCUT2D eigenvalue weighted by Gasteiger charge is 2.22. The average molecular weight is 427 g/mol. The number of ether oxygens (including phenoxy) is 2. The molecule has 1 aromatic heterocycles. The Hall–Kier alpha value is -3.95. The molecule has 0 unspecified atom stereocenters. The van der Waals surface area contributed by atoms with E-state index in [-0.39, 0.29) is 18.2 Å². The molecular formula is C25H17NO4S. The number of carbonyl (C=O) groups excluding carboxylic acids is 2. The third kappa shape index (κ3) is 4.18. The Kier molecular flexibility index (Phi) is 5.78. The number of methoxy groups -OCH3 is 1. The molecule has 0 saturated heterocycles. The smallest absolute Gasteiger partial charge is 0.206 e.